The van der Waals surface area contributed by atoms with Gasteiger partial charge in [0.15, 0.2) is 0 Å². The number of unbranched alkanes of at least 4 members (excludes halogenated alkanes) is 5. The van der Waals surface area contributed by atoms with Crippen LogP contribution in [0.3, 0.4) is 0 Å². The Balaban J connectivity index is 1.95. The molecule has 0 aromatic heterocycles. The molecule has 1 aliphatic heterocycles. The molecule has 1 amide bonds. The smallest absolute Gasteiger partial charge is 0.329 e. The Hall–Kier alpha value is -0.710. The standard InChI is InChI=1S/C12H21NO3S/c1-2-3-4-5-6-7-8-16-11(14)10-9-17-12(15)13-10/h10H,2-9H2,1H3,(H,13,15). The van der Waals surface area contributed by atoms with E-state index < -0.39 is 6.04 Å². The Bertz CT molecular complexity index is 258. The van der Waals surface area contributed by atoms with Gasteiger partial charge in [0.05, 0.1) is 6.61 Å². The largest absolute Gasteiger partial charge is 0.464 e. The minimum absolute atomic E-state index is 0.133. The maximum absolute atomic E-state index is 11.5. The van der Waals surface area contributed by atoms with Crippen molar-refractivity contribution >= 4 is 23.0 Å². The molecule has 1 unspecified atom stereocenters. The van der Waals surface area contributed by atoms with Crippen LogP contribution in [-0.2, 0) is 9.53 Å². The van der Waals surface area contributed by atoms with Crippen molar-refractivity contribution in [2.24, 2.45) is 0 Å². The van der Waals surface area contributed by atoms with Gasteiger partial charge in [0.1, 0.15) is 6.04 Å². The normalized spacial score (nSPS) is 19.1. The number of esters is 1. The molecular formula is C12H21NO3S. The summed E-state index contributed by atoms with van der Waals surface area (Å²) in [5, 5.41) is 2.44. The molecule has 1 atom stereocenters. The molecule has 0 radical (unpaired) electrons. The molecule has 1 fully saturated rings. The van der Waals surface area contributed by atoms with E-state index in [1.54, 1.807) is 0 Å². The highest BCUT2D eigenvalue weighted by atomic mass is 32.2. The molecule has 0 bridgehead atoms. The predicted molar refractivity (Wildman–Crippen MR) is 69.1 cm³/mol. The Morgan fingerprint density at radius 2 is 2.06 bits per heavy atom. The summed E-state index contributed by atoms with van der Waals surface area (Å²) in [6.07, 6.45) is 7.03. The topological polar surface area (TPSA) is 55.4 Å². The highest BCUT2D eigenvalue weighted by Gasteiger charge is 2.28. The zero-order valence-corrected chi connectivity index (χ0v) is 11.2. The fourth-order valence-electron chi connectivity index (χ4n) is 1.67. The highest BCUT2D eigenvalue weighted by Crippen LogP contribution is 2.14. The van der Waals surface area contributed by atoms with E-state index in [1.165, 1.54) is 25.7 Å². The summed E-state index contributed by atoms with van der Waals surface area (Å²) in [5.74, 6) is 0.200. The monoisotopic (exact) mass is 259 g/mol. The van der Waals surface area contributed by atoms with Gasteiger partial charge in [-0.1, -0.05) is 50.8 Å². The molecule has 1 heterocycles. The van der Waals surface area contributed by atoms with Gasteiger partial charge in [-0.15, -0.1) is 0 Å². The van der Waals surface area contributed by atoms with Gasteiger partial charge in [0.2, 0.25) is 0 Å². The predicted octanol–water partition coefficient (Wildman–Crippen LogP) is 2.72. The van der Waals surface area contributed by atoms with Crippen molar-refractivity contribution in [1.82, 2.24) is 5.32 Å². The maximum atomic E-state index is 11.5. The van der Waals surface area contributed by atoms with E-state index in [1.807, 2.05) is 0 Å². The first-order valence-electron chi connectivity index (χ1n) is 6.34. The van der Waals surface area contributed by atoms with Crippen molar-refractivity contribution in [2.45, 2.75) is 51.5 Å². The van der Waals surface area contributed by atoms with Gasteiger partial charge in [0, 0.05) is 5.75 Å². The van der Waals surface area contributed by atoms with Crippen LogP contribution in [-0.4, -0.2) is 29.6 Å². The Morgan fingerprint density at radius 3 is 2.71 bits per heavy atom. The lowest BCUT2D eigenvalue weighted by atomic mass is 10.1. The molecule has 0 aromatic rings. The fraction of sp³-hybridized carbons (Fsp3) is 0.833. The second-order valence-corrected chi connectivity index (χ2v) is 5.22. The molecule has 4 nitrogen and oxygen atoms in total. The third-order valence-corrected chi connectivity index (χ3v) is 3.58. The van der Waals surface area contributed by atoms with Crippen LogP contribution in [0.15, 0.2) is 0 Å². The van der Waals surface area contributed by atoms with Crippen molar-refractivity contribution < 1.29 is 14.3 Å². The van der Waals surface area contributed by atoms with Crippen molar-refractivity contribution in [3.05, 3.63) is 0 Å². The Kier molecular flexibility index (Phi) is 7.08. The lowest BCUT2D eigenvalue weighted by molar-refractivity contribution is -0.145. The zero-order valence-electron chi connectivity index (χ0n) is 10.4. The highest BCUT2D eigenvalue weighted by molar-refractivity contribution is 8.14. The first kappa shape index (κ1) is 14.4. The first-order chi connectivity index (χ1) is 8.24. The number of amides is 1. The quantitative estimate of drug-likeness (QED) is 0.538. The number of carbonyl (C=O) groups is 2. The lowest BCUT2D eigenvalue weighted by Crippen LogP contribution is -2.36. The van der Waals surface area contributed by atoms with Gasteiger partial charge in [-0.3, -0.25) is 4.79 Å². The number of hydrogen-bond donors (Lipinski definition) is 1. The summed E-state index contributed by atoms with van der Waals surface area (Å²) in [4.78, 5) is 22.4. The van der Waals surface area contributed by atoms with Crippen LogP contribution in [0, 0.1) is 0 Å². The summed E-state index contributed by atoms with van der Waals surface area (Å²) in [7, 11) is 0. The summed E-state index contributed by atoms with van der Waals surface area (Å²) in [6.45, 7) is 2.66. The van der Waals surface area contributed by atoms with E-state index >= 15 is 0 Å². The first-order valence-corrected chi connectivity index (χ1v) is 7.32. The molecule has 0 saturated carbocycles. The van der Waals surface area contributed by atoms with Crippen molar-refractivity contribution in [3.63, 3.8) is 0 Å². The molecule has 0 aromatic carbocycles. The van der Waals surface area contributed by atoms with E-state index in [9.17, 15) is 9.59 Å². The third kappa shape index (κ3) is 5.96. The van der Waals surface area contributed by atoms with Gasteiger partial charge < -0.3 is 10.1 Å². The average molecular weight is 259 g/mol. The lowest BCUT2D eigenvalue weighted by Gasteiger charge is -2.09. The molecule has 5 heteroatoms. The summed E-state index contributed by atoms with van der Waals surface area (Å²) >= 11 is 1.14. The van der Waals surface area contributed by atoms with Crippen LogP contribution in [0.5, 0.6) is 0 Å². The molecule has 98 valence electrons. The van der Waals surface area contributed by atoms with E-state index in [0.29, 0.717) is 12.4 Å². The van der Waals surface area contributed by atoms with Crippen molar-refractivity contribution in [3.8, 4) is 0 Å². The number of hydrogen-bond acceptors (Lipinski definition) is 4. The second kappa shape index (κ2) is 8.39. The van der Waals surface area contributed by atoms with Crippen LogP contribution in [0.4, 0.5) is 4.79 Å². The summed E-state index contributed by atoms with van der Waals surface area (Å²) in [6, 6.07) is -0.437. The van der Waals surface area contributed by atoms with Gasteiger partial charge in [0.25, 0.3) is 5.24 Å². The second-order valence-electron chi connectivity index (χ2n) is 4.23. The fourth-order valence-corrected chi connectivity index (χ4v) is 2.43. The SMILES string of the molecule is CCCCCCCCOC(=O)C1CSC(=O)N1. The summed E-state index contributed by atoms with van der Waals surface area (Å²) < 4.78 is 5.11. The number of ether oxygens (including phenoxy) is 1. The molecule has 1 rings (SSSR count). The minimum Gasteiger partial charge on any atom is -0.464 e. The Labute approximate surface area is 107 Å². The molecular weight excluding hydrogens is 238 g/mol. The maximum Gasteiger partial charge on any atom is 0.329 e. The van der Waals surface area contributed by atoms with Gasteiger partial charge in [-0.2, -0.15) is 0 Å². The molecule has 0 spiro atoms. The number of carbonyl (C=O) groups excluding carboxylic acids is 2. The molecule has 1 N–H and O–H groups in total. The molecule has 17 heavy (non-hydrogen) atoms. The van der Waals surface area contributed by atoms with Crippen molar-refractivity contribution in [2.75, 3.05) is 12.4 Å². The van der Waals surface area contributed by atoms with E-state index in [-0.39, 0.29) is 11.2 Å². The van der Waals surface area contributed by atoms with Crippen LogP contribution >= 0.6 is 11.8 Å². The minimum atomic E-state index is -0.437. The Morgan fingerprint density at radius 1 is 1.35 bits per heavy atom. The van der Waals surface area contributed by atoms with Gasteiger partial charge in [-0.05, 0) is 6.42 Å². The number of thioether (sulfide) groups is 1. The molecule has 0 aliphatic carbocycles. The van der Waals surface area contributed by atoms with E-state index in [2.05, 4.69) is 12.2 Å². The van der Waals surface area contributed by atoms with Crippen LogP contribution < -0.4 is 5.32 Å². The van der Waals surface area contributed by atoms with Gasteiger partial charge in [-0.25, -0.2) is 4.79 Å². The van der Waals surface area contributed by atoms with Gasteiger partial charge >= 0.3 is 5.97 Å². The summed E-state index contributed by atoms with van der Waals surface area (Å²) in [5.41, 5.74) is 0. The zero-order chi connectivity index (χ0) is 12.5. The van der Waals surface area contributed by atoms with E-state index in [0.717, 1.165) is 24.6 Å². The van der Waals surface area contributed by atoms with Crippen LogP contribution in [0.2, 0.25) is 0 Å². The van der Waals surface area contributed by atoms with E-state index in [4.69, 9.17) is 4.74 Å². The molecule has 1 saturated heterocycles. The average Bonchev–Trinajstić information content (AvgIpc) is 2.74. The van der Waals surface area contributed by atoms with Crippen molar-refractivity contribution in [1.29, 1.82) is 0 Å². The number of rotatable bonds is 8. The van der Waals surface area contributed by atoms with Crippen LogP contribution in [0.1, 0.15) is 45.4 Å². The third-order valence-electron chi connectivity index (χ3n) is 2.70. The van der Waals surface area contributed by atoms with Crippen LogP contribution in [0.25, 0.3) is 0 Å². The molecule has 1 aliphatic rings. The number of nitrogens with one attached hydrogen (secondary N) is 1.